The highest BCUT2D eigenvalue weighted by molar-refractivity contribution is 5.89. The number of hydrogen-bond acceptors (Lipinski definition) is 2. The van der Waals surface area contributed by atoms with E-state index in [1.807, 2.05) is 0 Å². The summed E-state index contributed by atoms with van der Waals surface area (Å²) in [5.41, 5.74) is 0.723. The lowest BCUT2D eigenvalue weighted by Gasteiger charge is -2.05. The summed E-state index contributed by atoms with van der Waals surface area (Å²) < 4.78 is 35.3. The van der Waals surface area contributed by atoms with Crippen LogP contribution in [0.5, 0.6) is 0 Å². The number of H-pyrrole nitrogens is 1. The Morgan fingerprint density at radius 1 is 1.60 bits per heavy atom. The predicted molar refractivity (Wildman–Crippen MR) is 47.2 cm³/mol. The summed E-state index contributed by atoms with van der Waals surface area (Å²) in [5.74, 6) is -0.460. The molecule has 7 heteroatoms. The van der Waals surface area contributed by atoms with Gasteiger partial charge in [-0.15, -0.1) is 0 Å². The van der Waals surface area contributed by atoms with Gasteiger partial charge in [-0.1, -0.05) is 0 Å². The van der Waals surface area contributed by atoms with Crippen LogP contribution in [-0.2, 0) is 4.79 Å². The zero-order chi connectivity index (χ0) is 11.5. The Balaban J connectivity index is 2.37. The molecule has 0 bridgehead atoms. The van der Waals surface area contributed by atoms with E-state index in [2.05, 4.69) is 15.5 Å². The number of alkyl halides is 3. The van der Waals surface area contributed by atoms with E-state index in [0.717, 1.165) is 5.69 Å². The lowest BCUT2D eigenvalue weighted by molar-refractivity contribution is -0.142. The van der Waals surface area contributed by atoms with E-state index >= 15 is 0 Å². The second-order valence-corrected chi connectivity index (χ2v) is 3.10. The number of nitrogens with one attached hydrogen (secondary N) is 2. The molecule has 1 rings (SSSR count). The van der Waals surface area contributed by atoms with E-state index in [4.69, 9.17) is 0 Å². The van der Waals surface area contributed by atoms with Crippen LogP contribution in [0.4, 0.5) is 19.0 Å². The number of carbonyl (C=O) groups excluding carboxylic acids is 1. The normalized spacial score (nSPS) is 11.5. The van der Waals surface area contributed by atoms with Crippen molar-refractivity contribution in [2.75, 3.05) is 5.32 Å². The molecule has 0 saturated carbocycles. The van der Waals surface area contributed by atoms with Crippen LogP contribution in [0.25, 0.3) is 0 Å². The van der Waals surface area contributed by atoms with Crippen LogP contribution in [0.1, 0.15) is 18.5 Å². The Morgan fingerprint density at radius 2 is 2.27 bits per heavy atom. The molecule has 1 aromatic heterocycles. The molecule has 0 fully saturated rings. The standard InChI is InChI=1S/C8H10F3N3O/c1-5-4-6(14-13-5)12-7(15)2-3-8(9,10)11/h4H,2-3H2,1H3,(H2,12,13,14,15). The summed E-state index contributed by atoms with van der Waals surface area (Å²) >= 11 is 0. The Morgan fingerprint density at radius 3 is 2.73 bits per heavy atom. The van der Waals surface area contributed by atoms with E-state index < -0.39 is 24.9 Å². The molecular formula is C8H10F3N3O. The van der Waals surface area contributed by atoms with Gasteiger partial charge in [0, 0.05) is 18.2 Å². The zero-order valence-electron chi connectivity index (χ0n) is 7.98. The van der Waals surface area contributed by atoms with Crippen LogP contribution >= 0.6 is 0 Å². The van der Waals surface area contributed by atoms with Crippen molar-refractivity contribution in [1.82, 2.24) is 10.2 Å². The number of rotatable bonds is 3. The molecule has 84 valence electrons. The molecule has 0 spiro atoms. The van der Waals surface area contributed by atoms with Crippen molar-refractivity contribution in [3.8, 4) is 0 Å². The minimum absolute atomic E-state index is 0.236. The summed E-state index contributed by atoms with van der Waals surface area (Å²) in [5, 5.41) is 8.48. The van der Waals surface area contributed by atoms with Crippen molar-refractivity contribution in [2.24, 2.45) is 0 Å². The highest BCUT2D eigenvalue weighted by Crippen LogP contribution is 2.21. The van der Waals surface area contributed by atoms with Gasteiger partial charge in [-0.25, -0.2) is 0 Å². The van der Waals surface area contributed by atoms with Crippen LogP contribution in [-0.4, -0.2) is 22.3 Å². The highest BCUT2D eigenvalue weighted by atomic mass is 19.4. The first-order valence-corrected chi connectivity index (χ1v) is 4.25. The van der Waals surface area contributed by atoms with E-state index in [9.17, 15) is 18.0 Å². The zero-order valence-corrected chi connectivity index (χ0v) is 7.98. The lowest BCUT2D eigenvalue weighted by atomic mass is 10.3. The largest absolute Gasteiger partial charge is 0.389 e. The van der Waals surface area contributed by atoms with Crippen molar-refractivity contribution < 1.29 is 18.0 Å². The molecule has 0 radical (unpaired) electrons. The third-order valence-corrected chi connectivity index (χ3v) is 1.61. The van der Waals surface area contributed by atoms with Crippen molar-refractivity contribution in [3.05, 3.63) is 11.8 Å². The lowest BCUT2D eigenvalue weighted by Crippen LogP contribution is -2.16. The molecular weight excluding hydrogens is 211 g/mol. The smallest absolute Gasteiger partial charge is 0.309 e. The fraction of sp³-hybridized carbons (Fsp3) is 0.500. The van der Waals surface area contributed by atoms with E-state index in [1.165, 1.54) is 6.07 Å². The molecule has 0 atom stereocenters. The minimum Gasteiger partial charge on any atom is -0.309 e. The molecule has 2 N–H and O–H groups in total. The molecule has 1 heterocycles. The van der Waals surface area contributed by atoms with Gasteiger partial charge in [0.1, 0.15) is 0 Å². The number of nitrogens with zero attached hydrogens (tertiary/aromatic N) is 1. The van der Waals surface area contributed by atoms with Gasteiger partial charge in [0.25, 0.3) is 0 Å². The third kappa shape index (κ3) is 4.48. The topological polar surface area (TPSA) is 57.8 Å². The van der Waals surface area contributed by atoms with Gasteiger partial charge >= 0.3 is 6.18 Å². The molecule has 0 aliphatic carbocycles. The number of carbonyl (C=O) groups is 1. The fourth-order valence-electron chi connectivity index (χ4n) is 0.943. The Hall–Kier alpha value is -1.53. The Labute approximate surface area is 83.9 Å². The number of aromatic amines is 1. The molecule has 1 aromatic rings. The van der Waals surface area contributed by atoms with E-state index in [-0.39, 0.29) is 5.82 Å². The van der Waals surface area contributed by atoms with Gasteiger partial charge in [-0.05, 0) is 6.92 Å². The number of anilines is 1. The maximum absolute atomic E-state index is 11.8. The minimum atomic E-state index is -4.31. The molecule has 0 unspecified atom stereocenters. The van der Waals surface area contributed by atoms with Crippen molar-refractivity contribution in [3.63, 3.8) is 0 Å². The maximum atomic E-state index is 11.8. The van der Waals surface area contributed by atoms with Crippen molar-refractivity contribution in [1.29, 1.82) is 0 Å². The second kappa shape index (κ2) is 4.33. The number of aryl methyl sites for hydroxylation is 1. The average Bonchev–Trinajstić information content (AvgIpc) is 2.47. The second-order valence-electron chi connectivity index (χ2n) is 3.10. The summed E-state index contributed by atoms with van der Waals surface area (Å²) in [4.78, 5) is 11.0. The Kier molecular flexibility index (Phi) is 3.33. The number of aromatic nitrogens is 2. The van der Waals surface area contributed by atoms with Gasteiger partial charge < -0.3 is 5.32 Å². The number of amides is 1. The molecule has 0 aliphatic rings. The number of hydrogen-bond donors (Lipinski definition) is 2. The first-order valence-electron chi connectivity index (χ1n) is 4.25. The number of halogens is 3. The molecule has 0 aromatic carbocycles. The Bertz CT molecular complexity index is 345. The van der Waals surface area contributed by atoms with Crippen molar-refractivity contribution in [2.45, 2.75) is 25.9 Å². The molecule has 1 amide bonds. The average molecular weight is 221 g/mol. The fourth-order valence-corrected chi connectivity index (χ4v) is 0.943. The summed E-state index contributed by atoms with van der Waals surface area (Å²) in [6, 6.07) is 1.53. The van der Waals surface area contributed by atoms with Crippen LogP contribution in [0, 0.1) is 6.92 Å². The molecule has 0 aliphatic heterocycles. The first kappa shape index (κ1) is 11.5. The first-order chi connectivity index (χ1) is 6.87. The maximum Gasteiger partial charge on any atom is 0.389 e. The molecule has 4 nitrogen and oxygen atoms in total. The van der Waals surface area contributed by atoms with Crippen molar-refractivity contribution >= 4 is 11.7 Å². The highest BCUT2D eigenvalue weighted by Gasteiger charge is 2.27. The van der Waals surface area contributed by atoms with E-state index in [1.54, 1.807) is 6.92 Å². The van der Waals surface area contributed by atoms with Crippen LogP contribution < -0.4 is 5.32 Å². The molecule has 0 saturated heterocycles. The van der Waals surface area contributed by atoms with Crippen LogP contribution in [0.3, 0.4) is 0 Å². The van der Waals surface area contributed by atoms with Gasteiger partial charge in [-0.2, -0.15) is 18.3 Å². The van der Waals surface area contributed by atoms with Gasteiger partial charge in [0.2, 0.25) is 5.91 Å². The quantitative estimate of drug-likeness (QED) is 0.820. The van der Waals surface area contributed by atoms with Gasteiger partial charge in [-0.3, -0.25) is 9.89 Å². The van der Waals surface area contributed by atoms with Crippen LogP contribution in [0.2, 0.25) is 0 Å². The summed E-state index contributed by atoms with van der Waals surface area (Å²) in [7, 11) is 0. The predicted octanol–water partition coefficient (Wildman–Crippen LogP) is 2.00. The summed E-state index contributed by atoms with van der Waals surface area (Å²) in [6.45, 7) is 1.72. The summed E-state index contributed by atoms with van der Waals surface area (Å²) in [6.07, 6.45) is -6.02. The van der Waals surface area contributed by atoms with Gasteiger partial charge in [0.05, 0.1) is 6.42 Å². The van der Waals surface area contributed by atoms with Gasteiger partial charge in [0.15, 0.2) is 5.82 Å². The molecule has 15 heavy (non-hydrogen) atoms. The monoisotopic (exact) mass is 221 g/mol. The van der Waals surface area contributed by atoms with Crippen LogP contribution in [0.15, 0.2) is 6.07 Å². The van der Waals surface area contributed by atoms with E-state index in [0.29, 0.717) is 0 Å². The third-order valence-electron chi connectivity index (χ3n) is 1.61. The SMILES string of the molecule is Cc1cc(NC(=O)CCC(F)(F)F)n[nH]1.